The molecule has 6 heteroatoms. The zero-order valence-electron chi connectivity index (χ0n) is 26.6. The zero-order valence-corrected chi connectivity index (χ0v) is 26.6. The monoisotopic (exact) mass is 582 g/mol. The first-order chi connectivity index (χ1) is 20.8. The number of nitrogens with one attached hydrogen (secondary N) is 1. The van der Waals surface area contributed by atoms with Crippen molar-refractivity contribution in [1.29, 1.82) is 0 Å². The molecule has 230 valence electrons. The quantitative estimate of drug-likeness (QED) is 0.304. The van der Waals surface area contributed by atoms with Gasteiger partial charge in [-0.2, -0.15) is 5.10 Å². The highest BCUT2D eigenvalue weighted by molar-refractivity contribution is 5.98. The van der Waals surface area contributed by atoms with Crippen LogP contribution >= 0.6 is 0 Å². The molecule has 6 nitrogen and oxygen atoms in total. The van der Waals surface area contributed by atoms with E-state index in [2.05, 4.69) is 48.5 Å². The van der Waals surface area contributed by atoms with E-state index in [-0.39, 0.29) is 17.7 Å². The molecule has 0 radical (unpaired) electrons. The molecule has 2 amide bonds. The molecule has 1 saturated carbocycles. The van der Waals surface area contributed by atoms with Gasteiger partial charge in [0.25, 0.3) is 5.91 Å². The van der Waals surface area contributed by atoms with Crippen LogP contribution in [0.1, 0.15) is 105 Å². The molecular formula is C37H50N4O2. The van der Waals surface area contributed by atoms with Crippen LogP contribution in [0.4, 0.5) is 5.69 Å². The smallest absolute Gasteiger partial charge is 0.253 e. The van der Waals surface area contributed by atoms with E-state index in [9.17, 15) is 9.59 Å². The minimum atomic E-state index is 0.0500. The molecule has 43 heavy (non-hydrogen) atoms. The van der Waals surface area contributed by atoms with Gasteiger partial charge in [-0.1, -0.05) is 76.3 Å². The second-order valence-electron chi connectivity index (χ2n) is 13.5. The van der Waals surface area contributed by atoms with Crippen LogP contribution in [0.5, 0.6) is 0 Å². The number of aryl methyl sites for hydroxylation is 2. The topological polar surface area (TPSA) is 67.2 Å². The Morgan fingerprint density at radius 2 is 1.60 bits per heavy atom. The summed E-state index contributed by atoms with van der Waals surface area (Å²) in [6.07, 6.45) is 15.0. The molecule has 2 unspecified atom stereocenters. The molecule has 2 atom stereocenters. The van der Waals surface area contributed by atoms with Crippen molar-refractivity contribution in [2.75, 3.05) is 18.4 Å². The van der Waals surface area contributed by atoms with Gasteiger partial charge in [0.1, 0.15) is 0 Å². The summed E-state index contributed by atoms with van der Waals surface area (Å²) in [6, 6.07) is 14.6. The standard InChI is InChI=1S/C37H50N4O2/c1-26(2)22-28-8-5-6-10-32(11-7-9-28)36(42)39-35-23-33(13-12-27(35)3)37(43)41-20-18-31(19-21-41)29-14-16-30(17-15-29)34-24-38-40(4)25-34/h12-17,23-26,28,31-32H,5-11,18-22H2,1-4H3,(H,39,42). The van der Waals surface area contributed by atoms with Crippen molar-refractivity contribution in [3.63, 3.8) is 0 Å². The first-order valence-electron chi connectivity index (χ1n) is 16.6. The van der Waals surface area contributed by atoms with Crippen molar-refractivity contribution in [3.8, 4) is 11.1 Å². The van der Waals surface area contributed by atoms with Crippen molar-refractivity contribution in [2.24, 2.45) is 24.8 Å². The van der Waals surface area contributed by atoms with E-state index >= 15 is 0 Å². The zero-order chi connectivity index (χ0) is 30.3. The second-order valence-corrected chi connectivity index (χ2v) is 13.5. The molecule has 5 rings (SSSR count). The summed E-state index contributed by atoms with van der Waals surface area (Å²) in [5.41, 5.74) is 6.06. The largest absolute Gasteiger partial charge is 0.339 e. The summed E-state index contributed by atoms with van der Waals surface area (Å²) >= 11 is 0. The third-order valence-corrected chi connectivity index (χ3v) is 9.70. The molecule has 2 aromatic carbocycles. The van der Waals surface area contributed by atoms with Crippen LogP contribution in [0.2, 0.25) is 0 Å². The Bertz CT molecular complexity index is 1370. The third kappa shape index (κ3) is 8.16. The highest BCUT2D eigenvalue weighted by Crippen LogP contribution is 2.32. The molecule has 1 aromatic heterocycles. The lowest BCUT2D eigenvalue weighted by atomic mass is 9.88. The van der Waals surface area contributed by atoms with Crippen molar-refractivity contribution in [3.05, 3.63) is 71.5 Å². The van der Waals surface area contributed by atoms with Gasteiger partial charge < -0.3 is 10.2 Å². The van der Waals surface area contributed by atoms with E-state index in [1.165, 1.54) is 36.8 Å². The highest BCUT2D eigenvalue weighted by atomic mass is 16.2. The van der Waals surface area contributed by atoms with Gasteiger partial charge in [-0.15, -0.1) is 0 Å². The van der Waals surface area contributed by atoms with Crippen LogP contribution in [0.25, 0.3) is 11.1 Å². The Kier molecular flexibility index (Phi) is 10.4. The van der Waals surface area contributed by atoms with Gasteiger partial charge in [0.2, 0.25) is 5.91 Å². The number of piperidine rings is 1. The molecule has 0 spiro atoms. The number of hydrogen-bond donors (Lipinski definition) is 1. The van der Waals surface area contributed by atoms with E-state index in [1.807, 2.05) is 54.1 Å². The Labute approximate surface area is 258 Å². The summed E-state index contributed by atoms with van der Waals surface area (Å²) in [5, 5.41) is 7.50. The maximum absolute atomic E-state index is 13.5. The molecule has 3 aromatic rings. The maximum atomic E-state index is 13.5. The molecule has 0 bridgehead atoms. The van der Waals surface area contributed by atoms with Gasteiger partial charge in [-0.05, 0) is 85.6 Å². The van der Waals surface area contributed by atoms with E-state index in [4.69, 9.17) is 0 Å². The summed E-state index contributed by atoms with van der Waals surface area (Å²) in [6.45, 7) is 8.12. The number of anilines is 1. The molecular weight excluding hydrogens is 532 g/mol. The maximum Gasteiger partial charge on any atom is 0.253 e. The lowest BCUT2D eigenvalue weighted by Crippen LogP contribution is -2.38. The molecule has 1 aliphatic carbocycles. The van der Waals surface area contributed by atoms with E-state index in [0.29, 0.717) is 11.5 Å². The normalized spacial score (nSPS) is 20.3. The van der Waals surface area contributed by atoms with Crippen molar-refractivity contribution in [1.82, 2.24) is 14.7 Å². The molecule has 2 aliphatic rings. The van der Waals surface area contributed by atoms with Crippen molar-refractivity contribution >= 4 is 17.5 Å². The van der Waals surface area contributed by atoms with Crippen molar-refractivity contribution < 1.29 is 9.59 Å². The number of carbonyl (C=O) groups excluding carboxylic acids is 2. The Morgan fingerprint density at radius 3 is 2.30 bits per heavy atom. The minimum Gasteiger partial charge on any atom is -0.339 e. The molecule has 2 fully saturated rings. The minimum absolute atomic E-state index is 0.0500. The average Bonchev–Trinajstić information content (AvgIpc) is 3.48. The number of carbonyl (C=O) groups is 2. The lowest BCUT2D eigenvalue weighted by Gasteiger charge is -2.32. The summed E-state index contributed by atoms with van der Waals surface area (Å²) in [5.74, 6) is 2.21. The molecule has 2 heterocycles. The van der Waals surface area contributed by atoms with Gasteiger partial charge in [-0.25, -0.2) is 0 Å². The molecule has 1 aliphatic heterocycles. The summed E-state index contributed by atoms with van der Waals surface area (Å²) in [7, 11) is 1.93. The van der Waals surface area contributed by atoms with Crippen LogP contribution in [0, 0.1) is 24.7 Å². The number of benzene rings is 2. The number of nitrogens with zero attached hydrogens (tertiary/aromatic N) is 3. The fraction of sp³-hybridized carbons (Fsp3) is 0.541. The van der Waals surface area contributed by atoms with Crippen LogP contribution in [0.3, 0.4) is 0 Å². The predicted octanol–water partition coefficient (Wildman–Crippen LogP) is 8.38. The predicted molar refractivity (Wildman–Crippen MR) is 175 cm³/mol. The first-order valence-corrected chi connectivity index (χ1v) is 16.6. The van der Waals surface area contributed by atoms with Crippen LogP contribution < -0.4 is 5.32 Å². The number of likely N-dealkylation sites (tertiary alicyclic amines) is 1. The van der Waals surface area contributed by atoms with Crippen LogP contribution in [-0.4, -0.2) is 39.6 Å². The third-order valence-electron chi connectivity index (χ3n) is 9.70. The summed E-state index contributed by atoms with van der Waals surface area (Å²) in [4.78, 5) is 28.9. The average molecular weight is 583 g/mol. The van der Waals surface area contributed by atoms with Crippen LogP contribution in [-0.2, 0) is 11.8 Å². The Morgan fingerprint density at radius 1 is 0.907 bits per heavy atom. The van der Waals surface area contributed by atoms with Gasteiger partial charge in [0, 0.05) is 49.1 Å². The highest BCUT2D eigenvalue weighted by Gasteiger charge is 2.26. The fourth-order valence-electron chi connectivity index (χ4n) is 7.17. The van der Waals surface area contributed by atoms with Gasteiger partial charge >= 0.3 is 0 Å². The van der Waals surface area contributed by atoms with E-state index in [1.54, 1.807) is 0 Å². The van der Waals surface area contributed by atoms with E-state index < -0.39 is 0 Å². The fourth-order valence-corrected chi connectivity index (χ4v) is 7.17. The number of aromatic nitrogens is 2. The molecule has 1 N–H and O–H groups in total. The second kappa shape index (κ2) is 14.4. The van der Waals surface area contributed by atoms with Gasteiger partial charge in [0.05, 0.1) is 6.20 Å². The number of hydrogen-bond acceptors (Lipinski definition) is 3. The Hall–Kier alpha value is -3.41. The Balaban J connectivity index is 1.15. The van der Waals surface area contributed by atoms with Crippen molar-refractivity contribution in [2.45, 2.75) is 90.9 Å². The first kappa shape index (κ1) is 31.0. The van der Waals surface area contributed by atoms with E-state index in [0.717, 1.165) is 80.3 Å². The number of amides is 2. The lowest BCUT2D eigenvalue weighted by molar-refractivity contribution is -0.120. The van der Waals surface area contributed by atoms with Gasteiger partial charge in [-0.3, -0.25) is 14.3 Å². The molecule has 1 saturated heterocycles. The SMILES string of the molecule is Cc1ccc(C(=O)N2CCC(c3ccc(-c4cnn(C)c4)cc3)CC2)cc1NC(=O)C1CCCCC(CC(C)C)CCC1. The van der Waals surface area contributed by atoms with Crippen LogP contribution in [0.15, 0.2) is 54.9 Å². The van der Waals surface area contributed by atoms with Gasteiger partial charge in [0.15, 0.2) is 0 Å². The number of rotatable bonds is 7. The summed E-state index contributed by atoms with van der Waals surface area (Å²) < 4.78 is 1.82.